The van der Waals surface area contributed by atoms with Crippen molar-refractivity contribution in [1.82, 2.24) is 4.90 Å². The Balaban J connectivity index is 1.53. The Morgan fingerprint density at radius 2 is 1.48 bits per heavy atom. The summed E-state index contributed by atoms with van der Waals surface area (Å²) in [6, 6.07) is 16.6. The molecule has 0 unspecified atom stereocenters. The van der Waals surface area contributed by atoms with Crippen LogP contribution >= 0.6 is 0 Å². The first kappa shape index (κ1) is 15.9. The van der Waals surface area contributed by atoms with E-state index in [1.165, 1.54) is 16.8 Å². The molecule has 3 rings (SSSR count). The molecule has 1 aliphatic rings. The highest BCUT2D eigenvalue weighted by Gasteiger charge is 2.17. The molecule has 0 aromatic heterocycles. The monoisotopic (exact) mass is 310 g/mol. The van der Waals surface area contributed by atoms with E-state index in [1.54, 1.807) is 12.1 Å². The predicted octanol–water partition coefficient (Wildman–Crippen LogP) is 3.84. The number of nitrogens with zero attached hydrogens (tertiary/aromatic N) is 2. The van der Waals surface area contributed by atoms with Crippen molar-refractivity contribution in [3.05, 3.63) is 59.7 Å². The zero-order valence-corrected chi connectivity index (χ0v) is 14.1. The highest BCUT2D eigenvalue weighted by molar-refractivity contribution is 5.49. The lowest BCUT2D eigenvalue weighted by molar-refractivity contribution is 0.250. The van der Waals surface area contributed by atoms with E-state index >= 15 is 0 Å². The summed E-state index contributed by atoms with van der Waals surface area (Å²) in [5.74, 6) is 0.926. The molecule has 0 bridgehead atoms. The molecule has 0 atom stereocenters. The molecular formula is C20H26N2O. The Kier molecular flexibility index (Phi) is 4.87. The molecular weight excluding hydrogens is 284 g/mol. The summed E-state index contributed by atoms with van der Waals surface area (Å²) in [6.07, 6.45) is 0. The first-order valence-corrected chi connectivity index (χ1v) is 8.47. The summed E-state index contributed by atoms with van der Waals surface area (Å²) < 4.78 is 0. The van der Waals surface area contributed by atoms with E-state index < -0.39 is 0 Å². The molecule has 1 saturated heterocycles. The standard InChI is InChI=1S/C20H26N2O/c1-16(2)18-5-3-17(4-6-18)15-21-11-13-22(14-12-21)19-7-9-20(23)10-8-19/h3-10,16,23H,11-15H2,1-2H3. The van der Waals surface area contributed by atoms with E-state index in [2.05, 4.69) is 47.9 Å². The highest BCUT2D eigenvalue weighted by Crippen LogP contribution is 2.21. The Morgan fingerprint density at radius 3 is 2.04 bits per heavy atom. The van der Waals surface area contributed by atoms with Gasteiger partial charge in [0.15, 0.2) is 0 Å². The zero-order chi connectivity index (χ0) is 16.2. The first-order chi connectivity index (χ1) is 11.1. The lowest BCUT2D eigenvalue weighted by Crippen LogP contribution is -2.45. The summed E-state index contributed by atoms with van der Waals surface area (Å²) >= 11 is 0. The smallest absolute Gasteiger partial charge is 0.115 e. The van der Waals surface area contributed by atoms with Gasteiger partial charge in [-0.2, -0.15) is 0 Å². The fourth-order valence-corrected chi connectivity index (χ4v) is 3.09. The normalized spacial score (nSPS) is 16.0. The van der Waals surface area contributed by atoms with Crippen LogP contribution in [-0.2, 0) is 6.54 Å². The Bertz CT molecular complexity index is 611. The summed E-state index contributed by atoms with van der Waals surface area (Å²) in [4.78, 5) is 4.90. The van der Waals surface area contributed by atoms with Gasteiger partial charge in [0.1, 0.15) is 5.75 Å². The minimum absolute atomic E-state index is 0.331. The van der Waals surface area contributed by atoms with Crippen LogP contribution in [0.15, 0.2) is 48.5 Å². The molecule has 2 aromatic carbocycles. The number of hydrogen-bond donors (Lipinski definition) is 1. The number of phenols is 1. The summed E-state index contributed by atoms with van der Waals surface area (Å²) in [5.41, 5.74) is 4.00. The third-order valence-electron chi connectivity index (χ3n) is 4.64. The quantitative estimate of drug-likeness (QED) is 0.929. The van der Waals surface area contributed by atoms with Crippen LogP contribution in [0.4, 0.5) is 5.69 Å². The van der Waals surface area contributed by atoms with Gasteiger partial charge >= 0.3 is 0 Å². The molecule has 1 aliphatic heterocycles. The van der Waals surface area contributed by atoms with Gasteiger partial charge in [-0.15, -0.1) is 0 Å². The van der Waals surface area contributed by atoms with Gasteiger partial charge in [-0.25, -0.2) is 0 Å². The highest BCUT2D eigenvalue weighted by atomic mass is 16.3. The molecule has 0 aliphatic carbocycles. The fourth-order valence-electron chi connectivity index (χ4n) is 3.09. The molecule has 122 valence electrons. The van der Waals surface area contributed by atoms with E-state index in [0.29, 0.717) is 11.7 Å². The Morgan fingerprint density at radius 1 is 0.870 bits per heavy atom. The number of piperazine rings is 1. The second-order valence-electron chi connectivity index (χ2n) is 6.68. The second kappa shape index (κ2) is 7.05. The minimum atomic E-state index is 0.331. The van der Waals surface area contributed by atoms with Crippen molar-refractivity contribution in [2.75, 3.05) is 31.1 Å². The molecule has 1 fully saturated rings. The van der Waals surface area contributed by atoms with Crippen molar-refractivity contribution in [2.45, 2.75) is 26.3 Å². The lowest BCUT2D eigenvalue weighted by atomic mass is 10.0. The van der Waals surface area contributed by atoms with Crippen molar-refractivity contribution in [1.29, 1.82) is 0 Å². The van der Waals surface area contributed by atoms with E-state index in [-0.39, 0.29) is 0 Å². The van der Waals surface area contributed by atoms with E-state index in [0.717, 1.165) is 32.7 Å². The third kappa shape index (κ3) is 4.05. The molecule has 0 spiro atoms. The van der Waals surface area contributed by atoms with Gasteiger partial charge in [0, 0.05) is 38.4 Å². The Hall–Kier alpha value is -2.00. The number of anilines is 1. The Labute approximate surface area is 139 Å². The van der Waals surface area contributed by atoms with Crippen molar-refractivity contribution in [2.24, 2.45) is 0 Å². The maximum absolute atomic E-state index is 9.39. The molecule has 0 radical (unpaired) electrons. The topological polar surface area (TPSA) is 26.7 Å². The average Bonchev–Trinajstić information content (AvgIpc) is 2.57. The van der Waals surface area contributed by atoms with Gasteiger partial charge < -0.3 is 10.0 Å². The first-order valence-electron chi connectivity index (χ1n) is 8.47. The van der Waals surface area contributed by atoms with Crippen LogP contribution in [0, 0.1) is 0 Å². The van der Waals surface area contributed by atoms with Gasteiger partial charge in [-0.1, -0.05) is 38.1 Å². The van der Waals surface area contributed by atoms with Crippen LogP contribution in [-0.4, -0.2) is 36.2 Å². The van der Waals surface area contributed by atoms with Gasteiger partial charge in [0.2, 0.25) is 0 Å². The molecule has 2 aromatic rings. The molecule has 3 heteroatoms. The van der Waals surface area contributed by atoms with Gasteiger partial charge in [-0.05, 0) is 41.3 Å². The van der Waals surface area contributed by atoms with E-state index in [4.69, 9.17) is 0 Å². The maximum Gasteiger partial charge on any atom is 0.115 e. The molecule has 1 heterocycles. The largest absolute Gasteiger partial charge is 0.508 e. The van der Waals surface area contributed by atoms with Gasteiger partial charge in [0.25, 0.3) is 0 Å². The lowest BCUT2D eigenvalue weighted by Gasteiger charge is -2.36. The van der Waals surface area contributed by atoms with Crippen molar-refractivity contribution < 1.29 is 5.11 Å². The second-order valence-corrected chi connectivity index (χ2v) is 6.68. The number of hydrogen-bond acceptors (Lipinski definition) is 3. The SMILES string of the molecule is CC(C)c1ccc(CN2CCN(c3ccc(O)cc3)CC2)cc1. The molecule has 0 saturated carbocycles. The van der Waals surface area contributed by atoms with Crippen LogP contribution in [0.3, 0.4) is 0 Å². The number of benzene rings is 2. The fraction of sp³-hybridized carbons (Fsp3) is 0.400. The van der Waals surface area contributed by atoms with Crippen LogP contribution in [0.25, 0.3) is 0 Å². The van der Waals surface area contributed by atoms with E-state index in [9.17, 15) is 5.11 Å². The van der Waals surface area contributed by atoms with Crippen LogP contribution in [0.2, 0.25) is 0 Å². The van der Waals surface area contributed by atoms with Crippen molar-refractivity contribution >= 4 is 5.69 Å². The summed E-state index contributed by atoms with van der Waals surface area (Å²) in [5, 5.41) is 9.39. The zero-order valence-electron chi connectivity index (χ0n) is 14.1. The molecule has 0 amide bonds. The molecule has 23 heavy (non-hydrogen) atoms. The van der Waals surface area contributed by atoms with Crippen LogP contribution in [0.1, 0.15) is 30.9 Å². The molecule has 1 N–H and O–H groups in total. The predicted molar refractivity (Wildman–Crippen MR) is 96.1 cm³/mol. The third-order valence-corrected chi connectivity index (χ3v) is 4.64. The molecule has 3 nitrogen and oxygen atoms in total. The summed E-state index contributed by atoms with van der Waals surface area (Å²) in [6.45, 7) is 9.72. The van der Waals surface area contributed by atoms with Crippen molar-refractivity contribution in [3.8, 4) is 5.75 Å². The van der Waals surface area contributed by atoms with Gasteiger partial charge in [0.05, 0.1) is 0 Å². The van der Waals surface area contributed by atoms with Crippen LogP contribution in [0.5, 0.6) is 5.75 Å². The average molecular weight is 310 g/mol. The van der Waals surface area contributed by atoms with Gasteiger partial charge in [-0.3, -0.25) is 4.90 Å². The minimum Gasteiger partial charge on any atom is -0.508 e. The van der Waals surface area contributed by atoms with Crippen LogP contribution < -0.4 is 4.90 Å². The number of phenolic OH excluding ortho intramolecular Hbond substituents is 1. The number of aromatic hydroxyl groups is 1. The van der Waals surface area contributed by atoms with Crippen molar-refractivity contribution in [3.63, 3.8) is 0 Å². The number of rotatable bonds is 4. The summed E-state index contributed by atoms with van der Waals surface area (Å²) in [7, 11) is 0. The van der Waals surface area contributed by atoms with E-state index in [1.807, 2.05) is 12.1 Å². The maximum atomic E-state index is 9.39.